The van der Waals surface area contributed by atoms with Gasteiger partial charge in [0.2, 0.25) is 0 Å². The molecule has 0 saturated carbocycles. The third-order valence-corrected chi connectivity index (χ3v) is 3.34. The molecule has 0 saturated heterocycles. The third-order valence-electron chi connectivity index (χ3n) is 3.34. The summed E-state index contributed by atoms with van der Waals surface area (Å²) in [6.07, 6.45) is 2.47. The monoisotopic (exact) mass is 243 g/mol. The van der Waals surface area contributed by atoms with E-state index < -0.39 is 0 Å². The molecule has 0 aliphatic heterocycles. The van der Waals surface area contributed by atoms with Crippen LogP contribution in [0.4, 0.5) is 0 Å². The Bertz CT molecular complexity index is 184. The lowest BCUT2D eigenvalue weighted by atomic mass is 9.85. The zero-order chi connectivity index (χ0) is 13.5. The van der Waals surface area contributed by atoms with Crippen LogP contribution in [0.5, 0.6) is 0 Å². The molecule has 3 heteroatoms. The first-order valence-electron chi connectivity index (χ1n) is 6.78. The van der Waals surface area contributed by atoms with Gasteiger partial charge in [-0.1, -0.05) is 20.8 Å². The Morgan fingerprint density at radius 2 is 1.59 bits per heavy atom. The lowest BCUT2D eigenvalue weighted by Gasteiger charge is -2.32. The van der Waals surface area contributed by atoms with Gasteiger partial charge in [-0.25, -0.2) is 0 Å². The van der Waals surface area contributed by atoms with Gasteiger partial charge in [0.15, 0.2) is 0 Å². The van der Waals surface area contributed by atoms with Crippen LogP contribution in [0, 0.1) is 5.41 Å². The van der Waals surface area contributed by atoms with Gasteiger partial charge in [0.25, 0.3) is 0 Å². The van der Waals surface area contributed by atoms with Gasteiger partial charge in [-0.3, -0.25) is 0 Å². The van der Waals surface area contributed by atoms with E-state index in [1.807, 2.05) is 0 Å². The van der Waals surface area contributed by atoms with E-state index in [-0.39, 0.29) is 0 Å². The van der Waals surface area contributed by atoms with E-state index in [0.29, 0.717) is 11.5 Å². The molecule has 1 unspecified atom stereocenters. The molecule has 0 amide bonds. The van der Waals surface area contributed by atoms with Crippen LogP contribution in [-0.4, -0.2) is 63.7 Å². The van der Waals surface area contributed by atoms with Crippen LogP contribution in [0.1, 0.15) is 33.6 Å². The van der Waals surface area contributed by atoms with Crippen molar-refractivity contribution in [1.29, 1.82) is 0 Å². The normalized spacial score (nSPS) is 14.6. The number of rotatable bonds is 8. The van der Waals surface area contributed by atoms with Crippen molar-refractivity contribution in [2.24, 2.45) is 5.41 Å². The first kappa shape index (κ1) is 16.9. The zero-order valence-electron chi connectivity index (χ0n) is 13.0. The summed E-state index contributed by atoms with van der Waals surface area (Å²) in [6.45, 7) is 10.5. The van der Waals surface area contributed by atoms with Crippen LogP contribution in [0.25, 0.3) is 0 Å². The van der Waals surface area contributed by atoms with E-state index in [2.05, 4.69) is 64.1 Å². The minimum Gasteiger partial charge on any atom is -0.316 e. The van der Waals surface area contributed by atoms with Gasteiger partial charge >= 0.3 is 0 Å². The summed E-state index contributed by atoms with van der Waals surface area (Å²) in [5.74, 6) is 0. The minimum absolute atomic E-state index is 0.346. The SMILES string of the molecule is CNC(CCN(C)CCCN(C)C)C(C)(C)C. The van der Waals surface area contributed by atoms with Crippen molar-refractivity contribution >= 4 is 0 Å². The Morgan fingerprint density at radius 1 is 1.00 bits per heavy atom. The van der Waals surface area contributed by atoms with Gasteiger partial charge in [-0.15, -0.1) is 0 Å². The Balaban J connectivity index is 3.78. The molecule has 1 atom stereocenters. The Morgan fingerprint density at radius 3 is 2.00 bits per heavy atom. The molecule has 0 aromatic heterocycles. The molecule has 0 aliphatic rings. The summed E-state index contributed by atoms with van der Waals surface area (Å²) in [6, 6.07) is 0.596. The third kappa shape index (κ3) is 8.58. The summed E-state index contributed by atoms with van der Waals surface area (Å²) < 4.78 is 0. The Kier molecular flexibility index (Phi) is 8.01. The molecule has 3 nitrogen and oxygen atoms in total. The maximum Gasteiger partial charge on any atom is 0.0125 e. The van der Waals surface area contributed by atoms with Gasteiger partial charge in [0.1, 0.15) is 0 Å². The van der Waals surface area contributed by atoms with Crippen molar-refractivity contribution < 1.29 is 0 Å². The maximum atomic E-state index is 3.44. The summed E-state index contributed by atoms with van der Waals surface area (Å²) >= 11 is 0. The van der Waals surface area contributed by atoms with Crippen molar-refractivity contribution in [2.45, 2.75) is 39.7 Å². The lowest BCUT2D eigenvalue weighted by Crippen LogP contribution is -2.40. The number of hydrogen-bond acceptors (Lipinski definition) is 3. The van der Waals surface area contributed by atoms with Crippen LogP contribution in [-0.2, 0) is 0 Å². The second-order valence-electron chi connectivity index (χ2n) is 6.46. The molecule has 0 spiro atoms. The van der Waals surface area contributed by atoms with E-state index >= 15 is 0 Å². The van der Waals surface area contributed by atoms with Gasteiger partial charge in [0.05, 0.1) is 0 Å². The second-order valence-corrected chi connectivity index (χ2v) is 6.46. The average Bonchev–Trinajstić information content (AvgIpc) is 2.15. The first-order chi connectivity index (χ1) is 7.77. The molecule has 0 rings (SSSR count). The summed E-state index contributed by atoms with van der Waals surface area (Å²) in [4.78, 5) is 4.69. The number of nitrogens with one attached hydrogen (secondary N) is 1. The van der Waals surface area contributed by atoms with Crippen LogP contribution >= 0.6 is 0 Å². The highest BCUT2D eigenvalue weighted by Gasteiger charge is 2.22. The maximum absolute atomic E-state index is 3.44. The van der Waals surface area contributed by atoms with Crippen LogP contribution in [0.15, 0.2) is 0 Å². The predicted molar refractivity (Wildman–Crippen MR) is 77.6 cm³/mol. The van der Waals surface area contributed by atoms with Crippen molar-refractivity contribution in [3.63, 3.8) is 0 Å². The van der Waals surface area contributed by atoms with Crippen LogP contribution in [0.2, 0.25) is 0 Å². The number of nitrogens with zero attached hydrogens (tertiary/aromatic N) is 2. The molecule has 1 N–H and O–H groups in total. The molecule has 0 fully saturated rings. The van der Waals surface area contributed by atoms with Crippen molar-refractivity contribution in [3.05, 3.63) is 0 Å². The topological polar surface area (TPSA) is 18.5 Å². The van der Waals surface area contributed by atoms with E-state index in [1.54, 1.807) is 0 Å². The highest BCUT2D eigenvalue weighted by molar-refractivity contribution is 4.79. The van der Waals surface area contributed by atoms with Gasteiger partial charge in [-0.05, 0) is 66.1 Å². The van der Waals surface area contributed by atoms with E-state index in [1.165, 1.54) is 32.5 Å². The first-order valence-corrected chi connectivity index (χ1v) is 6.78. The molecule has 0 aromatic carbocycles. The van der Waals surface area contributed by atoms with Crippen molar-refractivity contribution in [1.82, 2.24) is 15.1 Å². The Hall–Kier alpha value is -0.120. The highest BCUT2D eigenvalue weighted by atomic mass is 15.1. The van der Waals surface area contributed by atoms with Gasteiger partial charge < -0.3 is 15.1 Å². The van der Waals surface area contributed by atoms with Crippen molar-refractivity contribution in [3.8, 4) is 0 Å². The minimum atomic E-state index is 0.346. The smallest absolute Gasteiger partial charge is 0.0125 e. The summed E-state index contributed by atoms with van der Waals surface area (Å²) in [5, 5.41) is 3.44. The molecular weight excluding hydrogens is 210 g/mol. The molecule has 0 radical (unpaired) electrons. The molecule has 0 heterocycles. The Labute approximate surface area is 109 Å². The number of hydrogen-bond donors (Lipinski definition) is 1. The van der Waals surface area contributed by atoms with Crippen molar-refractivity contribution in [2.75, 3.05) is 47.8 Å². The largest absolute Gasteiger partial charge is 0.316 e. The second kappa shape index (κ2) is 8.06. The van der Waals surface area contributed by atoms with Crippen LogP contribution in [0.3, 0.4) is 0 Å². The summed E-state index contributed by atoms with van der Waals surface area (Å²) in [7, 11) is 8.57. The zero-order valence-corrected chi connectivity index (χ0v) is 13.0. The van der Waals surface area contributed by atoms with Crippen LogP contribution < -0.4 is 5.32 Å². The predicted octanol–water partition coefficient (Wildman–Crippen LogP) is 1.89. The highest BCUT2D eigenvalue weighted by Crippen LogP contribution is 2.21. The standard InChI is InChI=1S/C14H33N3/c1-14(2,3)13(15-4)9-12-17(7)11-8-10-16(5)6/h13,15H,8-12H2,1-7H3. The lowest BCUT2D eigenvalue weighted by molar-refractivity contribution is 0.225. The average molecular weight is 243 g/mol. The molecular formula is C14H33N3. The molecule has 0 bridgehead atoms. The fourth-order valence-electron chi connectivity index (χ4n) is 2.13. The molecule has 17 heavy (non-hydrogen) atoms. The molecule has 0 aliphatic carbocycles. The van der Waals surface area contributed by atoms with E-state index in [9.17, 15) is 0 Å². The fourth-order valence-corrected chi connectivity index (χ4v) is 2.13. The quantitative estimate of drug-likeness (QED) is 0.702. The van der Waals surface area contributed by atoms with E-state index in [0.717, 1.165) is 0 Å². The van der Waals surface area contributed by atoms with Gasteiger partial charge in [0, 0.05) is 6.04 Å². The molecule has 0 aromatic rings. The molecule has 104 valence electrons. The summed E-state index contributed by atoms with van der Waals surface area (Å²) in [5.41, 5.74) is 0.346. The van der Waals surface area contributed by atoms with E-state index in [4.69, 9.17) is 0 Å². The fraction of sp³-hybridized carbons (Fsp3) is 1.00. The van der Waals surface area contributed by atoms with Gasteiger partial charge in [-0.2, -0.15) is 0 Å².